The largest absolute Gasteiger partial charge is 0.493 e. The molecule has 0 spiro atoms. The number of benzene rings is 1. The Morgan fingerprint density at radius 3 is 2.78 bits per heavy atom. The zero-order valence-corrected chi connectivity index (χ0v) is 14.0. The van der Waals surface area contributed by atoms with Crippen molar-refractivity contribution in [1.29, 1.82) is 0 Å². The minimum absolute atomic E-state index is 0.0609. The van der Waals surface area contributed by atoms with Crippen molar-refractivity contribution in [2.24, 2.45) is 17.0 Å². The first kappa shape index (κ1) is 16.2. The van der Waals surface area contributed by atoms with Crippen LogP contribution in [0.15, 0.2) is 23.4 Å². The predicted molar refractivity (Wildman–Crippen MR) is 90.2 cm³/mol. The third kappa shape index (κ3) is 3.50. The van der Waals surface area contributed by atoms with E-state index in [9.17, 15) is 4.91 Å². The molecule has 2 saturated carbocycles. The molecule has 2 aliphatic rings. The molecule has 1 aromatic carbocycles. The molecule has 4 atom stereocenters. The molecule has 2 fully saturated rings. The van der Waals surface area contributed by atoms with Gasteiger partial charge in [0.15, 0.2) is 11.5 Å². The Labute approximate surface area is 137 Å². The van der Waals surface area contributed by atoms with Crippen LogP contribution in [0.3, 0.4) is 0 Å². The molecule has 0 heterocycles. The molecule has 3 rings (SSSR count). The third-order valence-corrected chi connectivity index (χ3v) is 5.36. The normalized spacial score (nSPS) is 27.0. The van der Waals surface area contributed by atoms with Crippen LogP contribution in [0.4, 0.5) is 0 Å². The van der Waals surface area contributed by atoms with Gasteiger partial charge in [-0.3, -0.25) is 0 Å². The van der Waals surface area contributed by atoms with Crippen LogP contribution in [0.1, 0.15) is 37.2 Å². The van der Waals surface area contributed by atoms with E-state index in [1.54, 1.807) is 7.11 Å². The topological polar surface area (TPSA) is 59.9 Å². The minimum Gasteiger partial charge on any atom is -0.493 e. The summed E-state index contributed by atoms with van der Waals surface area (Å²) in [6.07, 6.45) is 5.42. The molecule has 0 aliphatic heterocycles. The number of hydrogen-bond acceptors (Lipinski definition) is 5. The lowest BCUT2D eigenvalue weighted by atomic mass is 9.97. The van der Waals surface area contributed by atoms with E-state index in [0.717, 1.165) is 29.4 Å². The molecule has 0 aromatic heterocycles. The Bertz CT molecular complexity index is 549. The number of likely N-dealkylation sites (N-methyl/N-ethyl adjacent to an activating group) is 1. The number of nitrogens with one attached hydrogen (secondary N) is 1. The summed E-state index contributed by atoms with van der Waals surface area (Å²) in [4.78, 5) is 10.7. The average molecular weight is 318 g/mol. The van der Waals surface area contributed by atoms with Crippen LogP contribution in [0.25, 0.3) is 0 Å². The number of ether oxygens (including phenoxy) is 2. The minimum atomic E-state index is 0.0609. The maximum atomic E-state index is 10.7. The van der Waals surface area contributed by atoms with E-state index >= 15 is 0 Å². The van der Waals surface area contributed by atoms with Gasteiger partial charge in [0.2, 0.25) is 0 Å². The molecule has 1 N–H and O–H groups in total. The highest BCUT2D eigenvalue weighted by Gasteiger charge is 2.41. The molecular weight excluding hydrogens is 292 g/mol. The molecule has 126 valence electrons. The van der Waals surface area contributed by atoms with Gasteiger partial charge in [-0.25, -0.2) is 0 Å². The molecule has 5 nitrogen and oxygen atoms in total. The number of nitrogens with zero attached hydrogens (tertiary/aromatic N) is 1. The fourth-order valence-electron chi connectivity index (χ4n) is 4.16. The number of methoxy groups -OCH3 is 1. The van der Waals surface area contributed by atoms with E-state index < -0.39 is 0 Å². The van der Waals surface area contributed by atoms with E-state index in [4.69, 9.17) is 9.47 Å². The van der Waals surface area contributed by atoms with Crippen molar-refractivity contribution in [3.8, 4) is 11.5 Å². The quantitative estimate of drug-likeness (QED) is 0.747. The molecule has 2 aliphatic carbocycles. The highest BCUT2D eigenvalue weighted by molar-refractivity contribution is 5.44. The van der Waals surface area contributed by atoms with E-state index in [1.165, 1.54) is 19.3 Å². The molecule has 5 heteroatoms. The fourth-order valence-corrected chi connectivity index (χ4v) is 4.16. The Morgan fingerprint density at radius 2 is 2.17 bits per heavy atom. The zero-order valence-electron chi connectivity index (χ0n) is 14.0. The second-order valence-corrected chi connectivity index (χ2v) is 6.81. The van der Waals surface area contributed by atoms with Gasteiger partial charge in [-0.2, -0.15) is 4.91 Å². The van der Waals surface area contributed by atoms with Gasteiger partial charge in [0.1, 0.15) is 6.10 Å². The van der Waals surface area contributed by atoms with Gasteiger partial charge in [-0.05, 0) is 62.3 Å². The zero-order chi connectivity index (χ0) is 16.2. The average Bonchev–Trinajstić information content (AvgIpc) is 3.17. The van der Waals surface area contributed by atoms with Crippen molar-refractivity contribution < 1.29 is 9.47 Å². The van der Waals surface area contributed by atoms with E-state index in [2.05, 4.69) is 10.5 Å². The summed E-state index contributed by atoms with van der Waals surface area (Å²) in [6, 6.07) is 5.96. The Morgan fingerprint density at radius 1 is 1.30 bits per heavy atom. The van der Waals surface area contributed by atoms with Crippen molar-refractivity contribution in [2.45, 2.75) is 37.7 Å². The Balaban J connectivity index is 1.79. The number of rotatable bonds is 8. The first-order valence-electron chi connectivity index (χ1n) is 8.53. The van der Waals surface area contributed by atoms with E-state index in [-0.39, 0.29) is 12.5 Å². The lowest BCUT2D eigenvalue weighted by Crippen LogP contribution is -2.24. The van der Waals surface area contributed by atoms with Gasteiger partial charge in [0.05, 0.1) is 13.7 Å². The highest BCUT2D eigenvalue weighted by atomic mass is 16.5. The van der Waals surface area contributed by atoms with Gasteiger partial charge in [0, 0.05) is 12.5 Å². The lowest BCUT2D eigenvalue weighted by Gasteiger charge is -2.25. The molecular formula is C18H26N2O3. The second kappa shape index (κ2) is 7.30. The van der Waals surface area contributed by atoms with E-state index in [1.807, 2.05) is 25.2 Å². The van der Waals surface area contributed by atoms with Crippen molar-refractivity contribution in [3.05, 3.63) is 28.7 Å². The standard InChI is InChI=1S/C18H26N2O3/c1-19-10-15(11-20-21)13-5-6-16(22-2)18(9-13)23-17-8-12-3-4-14(17)7-12/h5-6,9,12,14-15,17,19H,3-4,7-8,10-11H2,1-2H3/t12-,14+,15?,17+/m1/s1. The first-order chi connectivity index (χ1) is 11.2. The maximum Gasteiger partial charge on any atom is 0.161 e. The summed E-state index contributed by atoms with van der Waals surface area (Å²) in [7, 11) is 3.55. The third-order valence-electron chi connectivity index (χ3n) is 5.36. The SMILES string of the molecule is CNCC(CN=O)c1ccc(OC)c(O[C@H]2C[C@@H]3CC[C@H]2C3)c1. The molecule has 2 bridgehead atoms. The van der Waals surface area contributed by atoms with Crippen molar-refractivity contribution in [2.75, 3.05) is 27.2 Å². The lowest BCUT2D eigenvalue weighted by molar-refractivity contribution is 0.133. The van der Waals surface area contributed by atoms with Crippen molar-refractivity contribution >= 4 is 0 Å². The first-order valence-corrected chi connectivity index (χ1v) is 8.53. The monoisotopic (exact) mass is 318 g/mol. The van der Waals surface area contributed by atoms with Crippen LogP contribution in [-0.2, 0) is 0 Å². The van der Waals surface area contributed by atoms with Crippen molar-refractivity contribution in [1.82, 2.24) is 5.32 Å². The van der Waals surface area contributed by atoms with Gasteiger partial charge in [0.25, 0.3) is 0 Å². The number of hydrogen-bond donors (Lipinski definition) is 1. The molecule has 1 unspecified atom stereocenters. The van der Waals surface area contributed by atoms with Gasteiger partial charge in [-0.15, -0.1) is 0 Å². The van der Waals surface area contributed by atoms with Crippen molar-refractivity contribution in [3.63, 3.8) is 0 Å². The molecule has 23 heavy (non-hydrogen) atoms. The number of fused-ring (bicyclic) bond motifs is 2. The van der Waals surface area contributed by atoms with Crippen LogP contribution in [-0.4, -0.2) is 33.4 Å². The molecule has 0 amide bonds. The number of nitroso groups, excluding NO2 is 1. The maximum absolute atomic E-state index is 10.7. The highest BCUT2D eigenvalue weighted by Crippen LogP contribution is 2.47. The Kier molecular flexibility index (Phi) is 5.16. The fraction of sp³-hybridized carbons (Fsp3) is 0.667. The van der Waals surface area contributed by atoms with E-state index in [0.29, 0.717) is 18.6 Å². The van der Waals surface area contributed by atoms with Crippen LogP contribution in [0, 0.1) is 16.7 Å². The summed E-state index contributed by atoms with van der Waals surface area (Å²) in [5.74, 6) is 3.16. The smallest absolute Gasteiger partial charge is 0.161 e. The summed E-state index contributed by atoms with van der Waals surface area (Å²) in [5.41, 5.74) is 1.07. The van der Waals surface area contributed by atoms with Gasteiger partial charge < -0.3 is 14.8 Å². The molecule has 0 saturated heterocycles. The predicted octanol–water partition coefficient (Wildman–Crippen LogP) is 3.33. The summed E-state index contributed by atoms with van der Waals surface area (Å²) < 4.78 is 11.8. The Hall–Kier alpha value is -1.62. The summed E-state index contributed by atoms with van der Waals surface area (Å²) in [5, 5.41) is 6.20. The molecule has 0 radical (unpaired) electrons. The second-order valence-electron chi connectivity index (χ2n) is 6.81. The van der Waals surface area contributed by atoms with Crippen LogP contribution in [0.5, 0.6) is 11.5 Å². The van der Waals surface area contributed by atoms with Crippen LogP contribution in [0.2, 0.25) is 0 Å². The van der Waals surface area contributed by atoms with Gasteiger partial charge >= 0.3 is 0 Å². The van der Waals surface area contributed by atoms with Crippen LogP contribution < -0.4 is 14.8 Å². The molecule has 1 aromatic rings. The van der Waals surface area contributed by atoms with Gasteiger partial charge in [-0.1, -0.05) is 11.2 Å². The van der Waals surface area contributed by atoms with Crippen LogP contribution >= 0.6 is 0 Å². The summed E-state index contributed by atoms with van der Waals surface area (Å²) >= 11 is 0. The summed E-state index contributed by atoms with van der Waals surface area (Å²) in [6.45, 7) is 0.979.